The minimum Gasteiger partial charge on any atom is -0.356 e. The van der Waals surface area contributed by atoms with Gasteiger partial charge in [0.2, 0.25) is 0 Å². The summed E-state index contributed by atoms with van der Waals surface area (Å²) in [5.41, 5.74) is 2.00. The lowest BCUT2D eigenvalue weighted by atomic mass is 10.2. The lowest BCUT2D eigenvalue weighted by Gasteiger charge is -2.21. The number of nitrogens with one attached hydrogen (secondary N) is 3. The minimum atomic E-state index is 0.678. The number of benzene rings is 1. The molecule has 0 amide bonds. The van der Waals surface area contributed by atoms with E-state index >= 15 is 0 Å². The van der Waals surface area contributed by atoms with Crippen molar-refractivity contribution in [2.75, 3.05) is 25.0 Å². The van der Waals surface area contributed by atoms with Gasteiger partial charge in [0.25, 0.3) is 0 Å². The molecule has 3 N–H and O–H groups in total. The Labute approximate surface area is 131 Å². The molecule has 1 heterocycles. The van der Waals surface area contributed by atoms with Gasteiger partial charge in [0.1, 0.15) is 6.04 Å². The fourth-order valence-electron chi connectivity index (χ4n) is 2.82. The number of hydrogen-bond donors (Lipinski definition) is 3. The third kappa shape index (κ3) is 3.84. The van der Waals surface area contributed by atoms with E-state index in [2.05, 4.69) is 17.6 Å². The maximum absolute atomic E-state index is 6.11. The van der Waals surface area contributed by atoms with Crippen LogP contribution in [0.1, 0.15) is 25.3 Å². The Balaban J connectivity index is 1.85. The molecule has 5 heteroatoms. The number of quaternary nitrogens is 1. The number of anilines is 1. The van der Waals surface area contributed by atoms with Crippen LogP contribution in [-0.2, 0) is 0 Å². The van der Waals surface area contributed by atoms with Crippen LogP contribution in [0.25, 0.3) is 0 Å². The van der Waals surface area contributed by atoms with Crippen molar-refractivity contribution in [1.82, 2.24) is 5.32 Å². The summed E-state index contributed by atoms with van der Waals surface area (Å²) in [5.74, 6) is 0. The highest BCUT2D eigenvalue weighted by atomic mass is 35.5. The molecule has 0 aromatic heterocycles. The van der Waals surface area contributed by atoms with E-state index in [9.17, 15) is 0 Å². The monoisotopic (exact) mass is 312 g/mol. The maximum Gasteiger partial charge on any atom is 0.171 e. The van der Waals surface area contributed by atoms with E-state index in [1.807, 2.05) is 25.1 Å². The van der Waals surface area contributed by atoms with Crippen LogP contribution < -0.4 is 15.5 Å². The first-order valence-electron chi connectivity index (χ1n) is 7.26. The first kappa shape index (κ1) is 15.5. The molecule has 0 aliphatic carbocycles. The van der Waals surface area contributed by atoms with Gasteiger partial charge in [-0.25, -0.2) is 0 Å². The molecule has 0 bridgehead atoms. The van der Waals surface area contributed by atoms with E-state index in [1.165, 1.54) is 25.9 Å². The van der Waals surface area contributed by atoms with Crippen LogP contribution >= 0.6 is 23.8 Å². The minimum absolute atomic E-state index is 0.678. The number of halogens is 1. The van der Waals surface area contributed by atoms with Crippen LogP contribution in [0.2, 0.25) is 5.02 Å². The molecule has 1 fully saturated rings. The van der Waals surface area contributed by atoms with E-state index in [0.29, 0.717) is 11.2 Å². The molecular weight excluding hydrogens is 290 g/mol. The number of hydrogen-bond acceptors (Lipinski definition) is 1. The third-order valence-corrected chi connectivity index (χ3v) is 4.76. The lowest BCUT2D eigenvalue weighted by Crippen LogP contribution is -3.14. The average molecular weight is 313 g/mol. The Morgan fingerprint density at radius 3 is 3.05 bits per heavy atom. The summed E-state index contributed by atoms with van der Waals surface area (Å²) in [4.78, 5) is 1.68. The molecule has 0 saturated carbocycles. The molecule has 1 aliphatic rings. The Kier molecular flexibility index (Phi) is 5.64. The molecule has 20 heavy (non-hydrogen) atoms. The molecule has 3 nitrogen and oxygen atoms in total. The van der Waals surface area contributed by atoms with Crippen molar-refractivity contribution in [3.8, 4) is 0 Å². The number of likely N-dealkylation sites (tertiary alicyclic amines) is 1. The van der Waals surface area contributed by atoms with Gasteiger partial charge in [-0.3, -0.25) is 0 Å². The van der Waals surface area contributed by atoms with Gasteiger partial charge in [0.15, 0.2) is 5.11 Å². The molecule has 2 atom stereocenters. The van der Waals surface area contributed by atoms with Crippen molar-refractivity contribution in [2.45, 2.75) is 32.7 Å². The van der Waals surface area contributed by atoms with E-state index in [4.69, 9.17) is 23.8 Å². The normalized spacial score (nSPS) is 21.8. The SMILES string of the molecule is CC[NH+]1CCC[C@@H]1CNC(=S)Nc1cccc(Cl)c1C. The molecule has 1 aromatic carbocycles. The molecule has 1 saturated heterocycles. The maximum atomic E-state index is 6.11. The molecule has 1 unspecified atom stereocenters. The molecule has 0 spiro atoms. The second kappa shape index (κ2) is 7.25. The molecule has 1 aromatic rings. The van der Waals surface area contributed by atoms with Gasteiger partial charge in [0, 0.05) is 23.6 Å². The van der Waals surface area contributed by atoms with Crippen LogP contribution in [0.3, 0.4) is 0 Å². The first-order valence-corrected chi connectivity index (χ1v) is 8.05. The average Bonchev–Trinajstić information content (AvgIpc) is 2.89. The second-order valence-electron chi connectivity index (χ2n) is 5.35. The molecule has 1 aliphatic heterocycles. The third-order valence-electron chi connectivity index (χ3n) is 4.11. The second-order valence-corrected chi connectivity index (χ2v) is 6.16. The standard InChI is InChI=1S/C15H22ClN3S/c1-3-19-9-5-6-12(19)10-17-15(20)18-14-8-4-7-13(16)11(14)2/h4,7-8,12H,3,5-6,9-10H2,1-2H3,(H2,17,18,20)/p+1/t12-/m1/s1. The zero-order valence-corrected chi connectivity index (χ0v) is 13.7. The summed E-state index contributed by atoms with van der Waals surface area (Å²) in [6.07, 6.45) is 2.61. The van der Waals surface area contributed by atoms with Gasteiger partial charge in [0.05, 0.1) is 19.6 Å². The highest BCUT2D eigenvalue weighted by Gasteiger charge is 2.26. The first-order chi connectivity index (χ1) is 9.61. The fraction of sp³-hybridized carbons (Fsp3) is 0.533. The molecule has 110 valence electrons. The Bertz CT molecular complexity index is 478. The lowest BCUT2D eigenvalue weighted by molar-refractivity contribution is -0.909. The van der Waals surface area contributed by atoms with Crippen LogP contribution in [0.15, 0.2) is 18.2 Å². The molecule has 2 rings (SSSR count). The summed E-state index contributed by atoms with van der Waals surface area (Å²) < 4.78 is 0. The summed E-state index contributed by atoms with van der Waals surface area (Å²) >= 11 is 11.5. The number of likely N-dealkylation sites (N-methyl/N-ethyl adjacent to an activating group) is 1. The predicted molar refractivity (Wildman–Crippen MR) is 89.8 cm³/mol. The van der Waals surface area contributed by atoms with Gasteiger partial charge in [-0.1, -0.05) is 17.7 Å². The van der Waals surface area contributed by atoms with Gasteiger partial charge in [-0.2, -0.15) is 0 Å². The van der Waals surface area contributed by atoms with Crippen molar-refractivity contribution in [3.63, 3.8) is 0 Å². The van der Waals surface area contributed by atoms with Crippen LogP contribution in [0.4, 0.5) is 5.69 Å². The van der Waals surface area contributed by atoms with Gasteiger partial charge in [-0.05, 0) is 43.8 Å². The van der Waals surface area contributed by atoms with Crippen molar-refractivity contribution in [2.24, 2.45) is 0 Å². The van der Waals surface area contributed by atoms with Crippen LogP contribution in [0, 0.1) is 6.92 Å². The zero-order chi connectivity index (χ0) is 14.5. The van der Waals surface area contributed by atoms with Gasteiger partial charge in [-0.15, -0.1) is 0 Å². The summed E-state index contributed by atoms with van der Waals surface area (Å²) in [5, 5.41) is 8.01. The van der Waals surface area contributed by atoms with Crippen molar-refractivity contribution in [3.05, 3.63) is 28.8 Å². The van der Waals surface area contributed by atoms with Crippen molar-refractivity contribution >= 4 is 34.6 Å². The summed E-state index contributed by atoms with van der Waals surface area (Å²) in [6.45, 7) is 7.66. The smallest absolute Gasteiger partial charge is 0.171 e. The Hall–Kier alpha value is -0.840. The number of thiocarbonyl (C=S) groups is 1. The van der Waals surface area contributed by atoms with Crippen molar-refractivity contribution < 1.29 is 4.90 Å². The Morgan fingerprint density at radius 1 is 1.50 bits per heavy atom. The van der Waals surface area contributed by atoms with Crippen molar-refractivity contribution in [1.29, 1.82) is 0 Å². The summed E-state index contributed by atoms with van der Waals surface area (Å²) in [7, 11) is 0. The van der Waals surface area contributed by atoms with Gasteiger partial charge < -0.3 is 15.5 Å². The highest BCUT2D eigenvalue weighted by Crippen LogP contribution is 2.22. The zero-order valence-electron chi connectivity index (χ0n) is 12.1. The Morgan fingerprint density at radius 2 is 2.30 bits per heavy atom. The fourth-order valence-corrected chi connectivity index (χ4v) is 3.19. The van der Waals surface area contributed by atoms with Gasteiger partial charge >= 0.3 is 0 Å². The quantitative estimate of drug-likeness (QED) is 0.743. The summed E-state index contributed by atoms with van der Waals surface area (Å²) in [6, 6.07) is 6.49. The highest BCUT2D eigenvalue weighted by molar-refractivity contribution is 7.80. The van der Waals surface area contributed by atoms with Crippen LogP contribution in [0.5, 0.6) is 0 Å². The topological polar surface area (TPSA) is 28.5 Å². The van der Waals surface area contributed by atoms with E-state index in [1.54, 1.807) is 4.90 Å². The van der Waals surface area contributed by atoms with Crippen LogP contribution in [-0.4, -0.2) is 30.8 Å². The number of rotatable bonds is 4. The van der Waals surface area contributed by atoms with E-state index < -0.39 is 0 Å². The molecular formula is C15H23ClN3S+. The predicted octanol–water partition coefficient (Wildman–Crippen LogP) is 2.00. The largest absolute Gasteiger partial charge is 0.356 e. The van der Waals surface area contributed by atoms with E-state index in [0.717, 1.165) is 22.8 Å². The molecule has 0 radical (unpaired) electrons. The van der Waals surface area contributed by atoms with E-state index in [-0.39, 0.29) is 0 Å².